The van der Waals surface area contributed by atoms with E-state index in [4.69, 9.17) is 115 Å². The lowest BCUT2D eigenvalue weighted by Gasteiger charge is -2.36. The van der Waals surface area contributed by atoms with E-state index in [0.29, 0.717) is 93.9 Å². The zero-order valence-corrected chi connectivity index (χ0v) is 68.0. The van der Waals surface area contributed by atoms with Crippen molar-refractivity contribution in [2.75, 3.05) is 71.0 Å². The van der Waals surface area contributed by atoms with E-state index in [1.165, 1.54) is 81.1 Å². The van der Waals surface area contributed by atoms with Gasteiger partial charge in [-0.3, -0.25) is 53.3 Å². The van der Waals surface area contributed by atoms with E-state index < -0.39 is 92.3 Å². The fourth-order valence-electron chi connectivity index (χ4n) is 16.1. The summed E-state index contributed by atoms with van der Waals surface area (Å²) in [6, 6.07) is 19.5. The van der Waals surface area contributed by atoms with Crippen molar-refractivity contribution in [3.63, 3.8) is 0 Å². The minimum Gasteiger partial charge on any atom is -0.618 e. The number of rotatable bonds is 11. The Kier molecular flexibility index (Phi) is 21.6. The molecule has 26 nitrogen and oxygen atoms in total. The van der Waals surface area contributed by atoms with Gasteiger partial charge in [0.05, 0.1) is 96.8 Å². The molecular formula is C82H76Cl5N5O21. The molecule has 4 spiro atoms. The summed E-state index contributed by atoms with van der Waals surface area (Å²) in [5.74, 6) is -2.72. The van der Waals surface area contributed by atoms with E-state index in [1.807, 2.05) is 45.8 Å². The molecule has 590 valence electrons. The third kappa shape index (κ3) is 12.2. The molecule has 8 aromatic rings. The summed E-state index contributed by atoms with van der Waals surface area (Å²) in [6.45, 7) is 11.3. The van der Waals surface area contributed by atoms with Crippen LogP contribution in [-0.2, 0) is 38.1 Å². The number of pyridine rings is 4. The summed E-state index contributed by atoms with van der Waals surface area (Å²) in [5, 5.41) is 12.9. The first kappa shape index (κ1) is 80.7. The Labute approximate surface area is 673 Å². The average Bonchev–Trinajstić information content (AvgIpc) is 1.57. The smallest absolute Gasteiger partial charge is 0.237 e. The summed E-state index contributed by atoms with van der Waals surface area (Å²) in [6.07, 6.45) is 1.48. The van der Waals surface area contributed by atoms with Crippen LogP contribution in [-0.4, -0.2) is 159 Å². The van der Waals surface area contributed by atoms with Crippen molar-refractivity contribution in [1.82, 2.24) is 19.9 Å². The maximum atomic E-state index is 13.6. The number of benzene rings is 4. The van der Waals surface area contributed by atoms with Gasteiger partial charge in [-0.2, -0.15) is 4.73 Å². The first-order valence-electron chi connectivity index (χ1n) is 35.5. The summed E-state index contributed by atoms with van der Waals surface area (Å²) in [4.78, 5) is 124. The summed E-state index contributed by atoms with van der Waals surface area (Å²) >= 11 is 31.4. The van der Waals surface area contributed by atoms with Gasteiger partial charge >= 0.3 is 0 Å². The normalized spacial score (nSPS) is 22.6. The Morgan fingerprint density at radius 2 is 0.690 bits per heavy atom. The lowest BCUT2D eigenvalue weighted by molar-refractivity contribution is -0.621. The molecule has 4 aliphatic carbocycles. The molecule has 0 fully saturated rings. The number of carbonyl (C=O) groups is 8. The van der Waals surface area contributed by atoms with Gasteiger partial charge in [-0.1, -0.05) is 74.1 Å². The maximum Gasteiger partial charge on any atom is 0.237 e. The molecule has 8 heterocycles. The van der Waals surface area contributed by atoms with Gasteiger partial charge in [-0.15, -0.1) is 11.6 Å². The van der Waals surface area contributed by atoms with Crippen LogP contribution >= 0.6 is 58.0 Å². The minimum absolute atomic E-state index is 0.0635. The second-order valence-electron chi connectivity index (χ2n) is 28.6. The van der Waals surface area contributed by atoms with Crippen LogP contribution in [0.2, 0.25) is 20.1 Å². The zero-order valence-electron chi connectivity index (χ0n) is 64.2. The fraction of sp³-hybridized carbons (Fsp3) is 0.366. The molecule has 0 saturated carbocycles. The second-order valence-corrected chi connectivity index (χ2v) is 30.4. The largest absolute Gasteiger partial charge is 0.618 e. The SMILES string of the molecule is COc1cc(OC)c2c(c1Cl)O[C@@]1(C(=O)c3ccc(C)[n+]([O-])c3C[C@H]1C)C2=O.COc1cc(OC)c2c(c1Cl)O[C@@]1(C(=O)c3ccc(C)nc3C[C@H]1C)C2=O.COc1cc(OC)c2c(c1Cl)O[C@@]1(C(=O)c3ccc(CCl)nc3C[C@H]1C)C2=O.COc1cc(OC)c2c(c1Cl)O[C@@]1(C(=O)c3ccc(CN(C)C)nc3C[C@H]1C)C2=O. The quantitative estimate of drug-likeness (QED) is 0.0502. The van der Waals surface area contributed by atoms with Crippen molar-refractivity contribution < 1.29 is 99.9 Å². The van der Waals surface area contributed by atoms with Crippen molar-refractivity contribution in [1.29, 1.82) is 0 Å². The van der Waals surface area contributed by atoms with E-state index in [2.05, 4.69) is 15.0 Å². The van der Waals surface area contributed by atoms with Gasteiger partial charge in [-0.25, -0.2) is 0 Å². The van der Waals surface area contributed by atoms with Gasteiger partial charge in [0.15, 0.2) is 28.7 Å². The summed E-state index contributed by atoms with van der Waals surface area (Å²) in [7, 11) is 15.4. The molecule has 16 rings (SSSR count). The van der Waals surface area contributed by atoms with Gasteiger partial charge in [0, 0.05) is 96.3 Å². The molecule has 4 aromatic heterocycles. The Bertz CT molecular complexity index is 5460. The molecule has 0 saturated heterocycles. The van der Waals surface area contributed by atoms with Gasteiger partial charge in [0.25, 0.3) is 0 Å². The fourth-order valence-corrected chi connectivity index (χ4v) is 17.3. The Morgan fingerprint density at radius 3 is 1.01 bits per heavy atom. The van der Waals surface area contributed by atoms with E-state index in [0.717, 1.165) is 16.1 Å². The van der Waals surface area contributed by atoms with Crippen LogP contribution in [0.25, 0.3) is 0 Å². The van der Waals surface area contributed by atoms with Crippen molar-refractivity contribution in [3.05, 3.63) is 188 Å². The number of carbonyl (C=O) groups excluding carboxylic acids is 8. The lowest BCUT2D eigenvalue weighted by atomic mass is 9.71. The highest BCUT2D eigenvalue weighted by atomic mass is 35.5. The number of alkyl halides is 1. The first-order chi connectivity index (χ1) is 53.7. The van der Waals surface area contributed by atoms with Crippen LogP contribution in [0.3, 0.4) is 0 Å². The van der Waals surface area contributed by atoms with Gasteiger partial charge < -0.3 is 66.9 Å². The number of aryl methyl sites for hydroxylation is 2. The molecule has 4 aromatic carbocycles. The Morgan fingerprint density at radius 1 is 0.407 bits per heavy atom. The number of methoxy groups -OCH3 is 8. The molecule has 8 atom stereocenters. The van der Waals surface area contributed by atoms with Crippen LogP contribution in [0.1, 0.15) is 156 Å². The average molecular weight is 1640 g/mol. The molecule has 0 bridgehead atoms. The summed E-state index contributed by atoms with van der Waals surface area (Å²) in [5.41, 5.74) is 0.251. The third-order valence-electron chi connectivity index (χ3n) is 21.9. The lowest BCUT2D eigenvalue weighted by Crippen LogP contribution is -2.59. The number of hydrogen-bond donors (Lipinski definition) is 0. The topological polar surface area (TPSA) is 316 Å². The molecule has 0 N–H and O–H groups in total. The molecule has 0 radical (unpaired) electrons. The number of fused-ring (bicyclic) bond motifs is 8. The first-order valence-corrected chi connectivity index (χ1v) is 37.6. The Balaban J connectivity index is 0.000000132. The molecular weight excluding hydrogens is 1570 g/mol. The van der Waals surface area contributed by atoms with Crippen LogP contribution in [0.15, 0.2) is 72.8 Å². The molecule has 0 amide bonds. The Hall–Kier alpha value is -10.4. The standard InChI is InChI=1S/C22H23ClN2O5.C20H17Cl2NO5.C20H18ClNO6.C20H18ClNO5/c1-11-8-14-13(7-6-12(24-14)10-25(2)3)20(26)22(11)21(27)17-15(28-4)9-16(29-5)18(23)19(17)30-22;1-9-6-12-11(5-4-10(8-21)23-12)18(24)20(9)19(25)15-13(26-2)7-14(27-3)16(22)17(15)28-20;1-9-7-12-11(6-5-10(2)22(12)25)18(23)20(9)19(24)15-13(26-3)8-14(27-4)16(21)17(15)28-20;1-9-7-12-11(6-5-10(2)22-12)18(23)20(9)19(24)15-13(25-3)8-14(26-4)16(21)17(15)27-20/h6-7,9,11H,8,10H2,1-5H3;4-5,7,9H,6,8H2,1-3H3;5-6,8-9H,7H2,1-4H3;5-6,8-9H,7H2,1-4H3/t11-,22+;3*9-,20+/m1111/s1. The van der Waals surface area contributed by atoms with Crippen molar-refractivity contribution >= 4 is 104 Å². The second kappa shape index (κ2) is 30.2. The number of nitrogens with zero attached hydrogens (tertiary/aromatic N) is 5. The third-order valence-corrected chi connectivity index (χ3v) is 23.6. The minimum atomic E-state index is -1.79. The molecule has 0 unspecified atom stereocenters. The maximum absolute atomic E-state index is 13.6. The number of aromatic nitrogens is 4. The predicted molar refractivity (Wildman–Crippen MR) is 412 cm³/mol. The van der Waals surface area contributed by atoms with E-state index in [1.54, 1.807) is 63.2 Å². The number of ether oxygens (including phenoxy) is 12. The van der Waals surface area contributed by atoms with E-state index in [-0.39, 0.29) is 112 Å². The van der Waals surface area contributed by atoms with Crippen molar-refractivity contribution in [3.8, 4) is 69.0 Å². The van der Waals surface area contributed by atoms with Crippen LogP contribution in [0, 0.1) is 42.7 Å². The van der Waals surface area contributed by atoms with E-state index in [9.17, 15) is 43.6 Å². The summed E-state index contributed by atoms with van der Waals surface area (Å²) < 4.78 is 67.4. The van der Waals surface area contributed by atoms with Gasteiger partial charge in [0.1, 0.15) is 88.3 Å². The zero-order chi connectivity index (χ0) is 81.9. The molecule has 113 heavy (non-hydrogen) atoms. The highest BCUT2D eigenvalue weighted by Gasteiger charge is 2.67. The van der Waals surface area contributed by atoms with Gasteiger partial charge in [-0.05, 0) is 82.7 Å². The molecule has 31 heteroatoms. The predicted octanol–water partition coefficient (Wildman–Crippen LogP) is 13.2. The van der Waals surface area contributed by atoms with Crippen molar-refractivity contribution in [2.45, 2.75) is 102 Å². The van der Waals surface area contributed by atoms with Crippen LogP contribution in [0.4, 0.5) is 0 Å². The highest BCUT2D eigenvalue weighted by molar-refractivity contribution is 6.39. The van der Waals surface area contributed by atoms with Crippen LogP contribution in [0.5, 0.6) is 69.0 Å². The van der Waals surface area contributed by atoms with Crippen molar-refractivity contribution in [2.24, 2.45) is 23.7 Å². The number of hydrogen-bond acceptors (Lipinski definition) is 25. The van der Waals surface area contributed by atoms with Gasteiger partial charge in [0.2, 0.25) is 74.4 Å². The molecule has 4 aliphatic heterocycles. The van der Waals surface area contributed by atoms with E-state index >= 15 is 0 Å². The number of Topliss-reactive ketones (excluding diaryl/α,β-unsaturated/α-hetero) is 8. The number of ketones is 8. The molecule has 8 aliphatic rings. The van der Waals surface area contributed by atoms with Crippen LogP contribution < -0.4 is 61.6 Å². The number of halogens is 5. The highest BCUT2D eigenvalue weighted by Crippen LogP contribution is 2.59. The monoisotopic (exact) mass is 1640 g/mol.